The lowest BCUT2D eigenvalue weighted by Crippen LogP contribution is -2.36. The minimum Gasteiger partial charge on any atom is -0.318 e. The molecule has 0 atom stereocenters. The Morgan fingerprint density at radius 2 is 1.81 bits per heavy atom. The van der Waals surface area contributed by atoms with Crippen molar-refractivity contribution in [1.82, 2.24) is 24.4 Å². The zero-order valence-electron chi connectivity index (χ0n) is 14.3. The maximum absolute atomic E-state index is 13.9. The van der Waals surface area contributed by atoms with Crippen LogP contribution in [0.25, 0.3) is 5.65 Å². The number of aryl methyl sites for hydroxylation is 2. The Kier molecular flexibility index (Phi) is 4.16. The summed E-state index contributed by atoms with van der Waals surface area (Å²) in [6.07, 6.45) is -4.45. The highest BCUT2D eigenvalue weighted by molar-refractivity contribution is 6.03. The van der Waals surface area contributed by atoms with E-state index >= 15 is 0 Å². The van der Waals surface area contributed by atoms with E-state index in [4.69, 9.17) is 0 Å². The summed E-state index contributed by atoms with van der Waals surface area (Å²) in [6, 6.07) is 1.62. The van der Waals surface area contributed by atoms with Crippen LogP contribution in [0.2, 0.25) is 0 Å². The summed E-state index contributed by atoms with van der Waals surface area (Å²) >= 11 is 0. The quantitative estimate of drug-likeness (QED) is 0.700. The number of fused-ring (bicyclic) bond motifs is 1. The number of rotatable bonds is 3. The Morgan fingerprint density at radius 1 is 1.15 bits per heavy atom. The van der Waals surface area contributed by atoms with Crippen LogP contribution in [0.4, 0.5) is 27.6 Å². The molecule has 0 saturated carbocycles. The molecule has 3 aromatic heterocycles. The molecule has 12 heteroatoms. The summed E-state index contributed by atoms with van der Waals surface area (Å²) in [4.78, 5) is 16.2. The molecule has 0 aliphatic heterocycles. The van der Waals surface area contributed by atoms with E-state index in [2.05, 4.69) is 20.5 Å². The maximum Gasteiger partial charge on any atom is 0.459 e. The Balaban J connectivity index is 2.06. The zero-order valence-corrected chi connectivity index (χ0v) is 14.3. The fourth-order valence-corrected chi connectivity index (χ4v) is 2.39. The van der Waals surface area contributed by atoms with Gasteiger partial charge in [0.25, 0.3) is 5.91 Å². The molecule has 0 fully saturated rings. The molecular formula is C15H13F5N6O. The molecule has 1 amide bonds. The van der Waals surface area contributed by atoms with Gasteiger partial charge >= 0.3 is 12.1 Å². The second-order valence-corrected chi connectivity index (χ2v) is 5.88. The van der Waals surface area contributed by atoms with Crippen molar-refractivity contribution in [2.75, 3.05) is 5.32 Å². The number of alkyl halides is 5. The number of carbonyl (C=O) groups excluding carboxylic acids is 1. The number of nitrogens with zero attached hydrogens (tertiary/aromatic N) is 5. The molecule has 144 valence electrons. The second-order valence-electron chi connectivity index (χ2n) is 5.88. The van der Waals surface area contributed by atoms with Gasteiger partial charge in [0.05, 0.1) is 17.6 Å². The van der Waals surface area contributed by atoms with Crippen LogP contribution in [0.3, 0.4) is 0 Å². The van der Waals surface area contributed by atoms with Gasteiger partial charge in [-0.1, -0.05) is 0 Å². The van der Waals surface area contributed by atoms with Crippen molar-refractivity contribution < 1.29 is 26.7 Å². The van der Waals surface area contributed by atoms with Crippen molar-refractivity contribution in [2.45, 2.75) is 25.9 Å². The van der Waals surface area contributed by atoms with Gasteiger partial charge < -0.3 is 5.32 Å². The van der Waals surface area contributed by atoms with Gasteiger partial charge in [-0.05, 0) is 19.9 Å². The largest absolute Gasteiger partial charge is 0.459 e. The van der Waals surface area contributed by atoms with Crippen LogP contribution in [0.1, 0.15) is 27.6 Å². The molecule has 0 saturated heterocycles. The summed E-state index contributed by atoms with van der Waals surface area (Å²) in [5.41, 5.74) is -1.20. The molecule has 7 nitrogen and oxygen atoms in total. The molecule has 0 unspecified atom stereocenters. The second kappa shape index (κ2) is 5.99. The monoisotopic (exact) mass is 388 g/mol. The van der Waals surface area contributed by atoms with Gasteiger partial charge in [0.15, 0.2) is 11.3 Å². The lowest BCUT2D eigenvalue weighted by molar-refractivity contribution is -0.291. The van der Waals surface area contributed by atoms with E-state index in [1.54, 1.807) is 14.0 Å². The van der Waals surface area contributed by atoms with Crippen molar-refractivity contribution in [2.24, 2.45) is 7.05 Å². The molecule has 0 aliphatic carbocycles. The van der Waals surface area contributed by atoms with Crippen LogP contribution in [-0.4, -0.2) is 36.5 Å². The van der Waals surface area contributed by atoms with Gasteiger partial charge in [-0.25, -0.2) is 9.50 Å². The third-order valence-corrected chi connectivity index (χ3v) is 3.95. The average molecular weight is 388 g/mol. The number of hydrogen-bond acceptors (Lipinski definition) is 4. The zero-order chi connectivity index (χ0) is 20.1. The number of anilines is 1. The van der Waals surface area contributed by atoms with E-state index in [0.717, 1.165) is 6.07 Å². The van der Waals surface area contributed by atoms with Crippen molar-refractivity contribution in [3.63, 3.8) is 0 Å². The van der Waals surface area contributed by atoms with Crippen LogP contribution in [0.15, 0.2) is 18.3 Å². The molecule has 0 radical (unpaired) electrons. The Morgan fingerprint density at radius 3 is 2.37 bits per heavy atom. The summed E-state index contributed by atoms with van der Waals surface area (Å²) < 4.78 is 67.9. The molecule has 3 rings (SSSR count). The predicted molar refractivity (Wildman–Crippen MR) is 83.6 cm³/mol. The van der Waals surface area contributed by atoms with Crippen LogP contribution in [0, 0.1) is 13.8 Å². The van der Waals surface area contributed by atoms with Crippen LogP contribution < -0.4 is 5.32 Å². The van der Waals surface area contributed by atoms with Gasteiger partial charge in [0.2, 0.25) is 0 Å². The van der Waals surface area contributed by atoms with Gasteiger partial charge in [-0.3, -0.25) is 9.48 Å². The fourth-order valence-electron chi connectivity index (χ4n) is 2.39. The van der Waals surface area contributed by atoms with Crippen LogP contribution in [-0.2, 0) is 13.0 Å². The minimum atomic E-state index is -5.82. The highest BCUT2D eigenvalue weighted by Gasteiger charge is 2.60. The molecule has 0 aromatic carbocycles. The van der Waals surface area contributed by atoms with Crippen molar-refractivity contribution in [3.8, 4) is 0 Å². The predicted octanol–water partition coefficient (Wildman–Crippen LogP) is 2.99. The first-order valence-corrected chi connectivity index (χ1v) is 7.54. The molecule has 3 heterocycles. The molecule has 3 aromatic rings. The van der Waals surface area contributed by atoms with E-state index in [-0.39, 0.29) is 17.0 Å². The number of halogens is 5. The van der Waals surface area contributed by atoms with E-state index < -0.39 is 23.7 Å². The number of aromatic nitrogens is 5. The van der Waals surface area contributed by atoms with E-state index in [0.29, 0.717) is 22.0 Å². The Hall–Kier alpha value is -3.05. The fraction of sp³-hybridized carbons (Fsp3) is 0.333. The molecule has 27 heavy (non-hydrogen) atoms. The minimum absolute atomic E-state index is 0.0728. The average Bonchev–Trinajstić information content (AvgIpc) is 3.11. The van der Waals surface area contributed by atoms with Crippen molar-refractivity contribution in [1.29, 1.82) is 0 Å². The molecule has 0 aliphatic rings. The van der Waals surface area contributed by atoms with E-state index in [1.807, 2.05) is 0 Å². The third-order valence-electron chi connectivity index (χ3n) is 3.95. The first-order chi connectivity index (χ1) is 12.4. The highest BCUT2D eigenvalue weighted by Crippen LogP contribution is 2.43. The standard InChI is InChI=1S/C15H13F5N6O/c1-7-4-11(14(16,17)15(18,19)20)26-12(22-7)5-9(24-26)13(27)23-10-6-21-25(3)8(10)2/h4-6H,1-3H3,(H,23,27). The summed E-state index contributed by atoms with van der Waals surface area (Å²) in [7, 11) is 1.65. The van der Waals surface area contributed by atoms with Crippen LogP contribution in [0.5, 0.6) is 0 Å². The smallest absolute Gasteiger partial charge is 0.318 e. The van der Waals surface area contributed by atoms with E-state index in [1.165, 1.54) is 17.8 Å². The molecular weight excluding hydrogens is 375 g/mol. The Bertz CT molecular complexity index is 1040. The SMILES string of the molecule is Cc1cc(C(F)(F)C(F)(F)F)n2nc(C(=O)Nc3cnn(C)c3C)cc2n1. The Labute approximate surface area is 148 Å². The molecule has 0 bridgehead atoms. The third kappa shape index (κ3) is 3.11. The number of nitrogens with one attached hydrogen (secondary N) is 1. The summed E-state index contributed by atoms with van der Waals surface area (Å²) in [6.45, 7) is 2.95. The lowest BCUT2D eigenvalue weighted by Gasteiger charge is -2.20. The van der Waals surface area contributed by atoms with Gasteiger partial charge in [-0.15, -0.1) is 0 Å². The molecule has 1 N–H and O–H groups in total. The topological polar surface area (TPSA) is 77.1 Å². The summed E-state index contributed by atoms with van der Waals surface area (Å²) in [5.74, 6) is -5.96. The number of hydrogen-bond donors (Lipinski definition) is 1. The van der Waals surface area contributed by atoms with Gasteiger partial charge in [-0.2, -0.15) is 32.1 Å². The normalized spacial score (nSPS) is 12.6. The van der Waals surface area contributed by atoms with Crippen LogP contribution >= 0.6 is 0 Å². The maximum atomic E-state index is 13.9. The van der Waals surface area contributed by atoms with Gasteiger partial charge in [0.1, 0.15) is 5.69 Å². The first-order valence-electron chi connectivity index (χ1n) is 7.54. The van der Waals surface area contributed by atoms with Crippen molar-refractivity contribution >= 4 is 17.2 Å². The van der Waals surface area contributed by atoms with Gasteiger partial charge in [0, 0.05) is 18.8 Å². The highest BCUT2D eigenvalue weighted by atomic mass is 19.4. The summed E-state index contributed by atoms with van der Waals surface area (Å²) in [5, 5.41) is 10.0. The lowest BCUT2D eigenvalue weighted by atomic mass is 10.2. The first kappa shape index (κ1) is 18.7. The number of amides is 1. The van der Waals surface area contributed by atoms with Crippen molar-refractivity contribution in [3.05, 3.63) is 41.1 Å². The number of carbonyl (C=O) groups is 1. The molecule has 0 spiro atoms. The van der Waals surface area contributed by atoms with E-state index in [9.17, 15) is 26.7 Å².